The second kappa shape index (κ2) is 6.45. The molecule has 0 radical (unpaired) electrons. The fraction of sp³-hybridized carbons (Fsp3) is 0.133. The van der Waals surface area contributed by atoms with Gasteiger partial charge in [0, 0.05) is 27.1 Å². The second-order valence-corrected chi connectivity index (χ2v) is 5.84. The number of rotatable bonds is 3. The van der Waals surface area contributed by atoms with E-state index in [1.54, 1.807) is 29.2 Å². The van der Waals surface area contributed by atoms with Gasteiger partial charge in [-0.2, -0.15) is 0 Å². The van der Waals surface area contributed by atoms with E-state index in [1.165, 1.54) is 0 Å². The molecule has 0 heterocycles. The number of halogens is 2. The molecule has 0 saturated carbocycles. The van der Waals surface area contributed by atoms with Crippen LogP contribution in [0.4, 0.5) is 11.4 Å². The Balaban J connectivity index is 2.33. The minimum atomic E-state index is -0.0735. The monoisotopic (exact) mass is 400 g/mol. The van der Waals surface area contributed by atoms with Gasteiger partial charge in [-0.1, -0.05) is 11.6 Å². The van der Waals surface area contributed by atoms with E-state index in [-0.39, 0.29) is 5.91 Å². The first-order chi connectivity index (χ1) is 9.52. The summed E-state index contributed by atoms with van der Waals surface area (Å²) in [4.78, 5) is 14.3. The van der Waals surface area contributed by atoms with Crippen molar-refractivity contribution in [3.8, 4) is 0 Å². The fourth-order valence-electron chi connectivity index (χ4n) is 1.88. The van der Waals surface area contributed by atoms with Crippen molar-refractivity contribution < 1.29 is 4.79 Å². The smallest absolute Gasteiger partial charge is 0.258 e. The van der Waals surface area contributed by atoms with E-state index in [0.717, 1.165) is 9.26 Å². The van der Waals surface area contributed by atoms with Gasteiger partial charge in [-0.05, 0) is 72.0 Å². The van der Waals surface area contributed by atoms with Crippen LogP contribution in [-0.2, 0) is 0 Å². The largest absolute Gasteiger partial charge is 0.399 e. The highest BCUT2D eigenvalue weighted by Crippen LogP contribution is 2.23. The van der Waals surface area contributed by atoms with Gasteiger partial charge in [-0.15, -0.1) is 0 Å². The molecule has 0 aliphatic carbocycles. The highest BCUT2D eigenvalue weighted by Gasteiger charge is 2.16. The second-order valence-electron chi connectivity index (χ2n) is 4.27. The number of nitrogens with two attached hydrogens (primary N) is 1. The average Bonchev–Trinajstić information content (AvgIpc) is 2.44. The lowest BCUT2D eigenvalue weighted by molar-refractivity contribution is 0.0988. The Kier molecular flexibility index (Phi) is 4.88. The zero-order chi connectivity index (χ0) is 14.7. The molecule has 5 heteroatoms. The number of amides is 1. The number of hydrogen-bond donors (Lipinski definition) is 1. The van der Waals surface area contributed by atoms with Crippen LogP contribution in [0.15, 0.2) is 42.5 Å². The molecule has 0 saturated heterocycles. The summed E-state index contributed by atoms with van der Waals surface area (Å²) in [6.07, 6.45) is 0. The number of carbonyl (C=O) groups is 1. The molecule has 3 nitrogen and oxygen atoms in total. The number of anilines is 2. The number of nitrogen functional groups attached to an aromatic ring is 1. The van der Waals surface area contributed by atoms with Crippen LogP contribution in [0.3, 0.4) is 0 Å². The highest BCUT2D eigenvalue weighted by atomic mass is 127. The molecule has 2 rings (SSSR count). The molecule has 0 bridgehead atoms. The quantitative estimate of drug-likeness (QED) is 0.620. The molecule has 0 fully saturated rings. The Morgan fingerprint density at radius 2 is 1.90 bits per heavy atom. The first-order valence-corrected chi connectivity index (χ1v) is 7.61. The lowest BCUT2D eigenvalue weighted by Gasteiger charge is -2.21. The Morgan fingerprint density at radius 3 is 2.45 bits per heavy atom. The van der Waals surface area contributed by atoms with Gasteiger partial charge in [0.05, 0.1) is 5.02 Å². The van der Waals surface area contributed by atoms with Crippen molar-refractivity contribution in [2.75, 3.05) is 17.2 Å². The highest BCUT2D eigenvalue weighted by molar-refractivity contribution is 14.1. The van der Waals surface area contributed by atoms with Crippen LogP contribution < -0.4 is 10.6 Å². The van der Waals surface area contributed by atoms with Gasteiger partial charge in [0.15, 0.2) is 0 Å². The molecule has 0 unspecified atom stereocenters. The van der Waals surface area contributed by atoms with Crippen LogP contribution in [0.1, 0.15) is 17.3 Å². The standard InChI is InChI=1S/C15H14ClIN2O/c1-2-19(12-6-4-11(18)5-7-12)15(20)10-3-8-14(17)13(16)9-10/h3-9H,2,18H2,1H3. The Hall–Kier alpha value is -1.27. The molecule has 2 aromatic rings. The molecule has 0 aromatic heterocycles. The van der Waals surface area contributed by atoms with E-state index in [4.69, 9.17) is 17.3 Å². The first-order valence-electron chi connectivity index (χ1n) is 6.15. The van der Waals surface area contributed by atoms with E-state index in [0.29, 0.717) is 22.8 Å². The molecule has 0 aliphatic heterocycles. The topological polar surface area (TPSA) is 46.3 Å². The zero-order valence-electron chi connectivity index (χ0n) is 10.9. The maximum absolute atomic E-state index is 12.6. The molecule has 2 aromatic carbocycles. The molecule has 20 heavy (non-hydrogen) atoms. The van der Waals surface area contributed by atoms with Crippen LogP contribution >= 0.6 is 34.2 Å². The van der Waals surface area contributed by atoms with E-state index in [9.17, 15) is 4.79 Å². The van der Waals surface area contributed by atoms with E-state index in [1.807, 2.05) is 25.1 Å². The molecular weight excluding hydrogens is 387 g/mol. The fourth-order valence-corrected chi connectivity index (χ4v) is 2.40. The van der Waals surface area contributed by atoms with Crippen LogP contribution in [-0.4, -0.2) is 12.5 Å². The summed E-state index contributed by atoms with van der Waals surface area (Å²) in [5.74, 6) is -0.0735. The first kappa shape index (κ1) is 15.1. The van der Waals surface area contributed by atoms with Crippen LogP contribution in [0, 0.1) is 3.57 Å². The van der Waals surface area contributed by atoms with Gasteiger partial charge in [0.2, 0.25) is 0 Å². The summed E-state index contributed by atoms with van der Waals surface area (Å²) in [6.45, 7) is 2.51. The third-order valence-electron chi connectivity index (χ3n) is 2.93. The summed E-state index contributed by atoms with van der Waals surface area (Å²) in [5.41, 5.74) is 7.74. The summed E-state index contributed by atoms with van der Waals surface area (Å²) in [7, 11) is 0. The summed E-state index contributed by atoms with van der Waals surface area (Å²) < 4.78 is 0.927. The Morgan fingerprint density at radius 1 is 1.25 bits per heavy atom. The predicted octanol–water partition coefficient (Wildman–Crippen LogP) is 4.19. The van der Waals surface area contributed by atoms with Gasteiger partial charge >= 0.3 is 0 Å². The van der Waals surface area contributed by atoms with Crippen molar-refractivity contribution in [1.82, 2.24) is 0 Å². The van der Waals surface area contributed by atoms with Gasteiger partial charge in [-0.3, -0.25) is 4.79 Å². The maximum atomic E-state index is 12.6. The van der Waals surface area contributed by atoms with Crippen molar-refractivity contribution in [1.29, 1.82) is 0 Å². The van der Waals surface area contributed by atoms with Gasteiger partial charge in [0.25, 0.3) is 5.91 Å². The van der Waals surface area contributed by atoms with Crippen LogP contribution in [0.2, 0.25) is 5.02 Å². The molecule has 0 spiro atoms. The van der Waals surface area contributed by atoms with Gasteiger partial charge in [0.1, 0.15) is 0 Å². The molecule has 1 amide bonds. The molecule has 0 aliphatic rings. The Bertz CT molecular complexity index is 628. The van der Waals surface area contributed by atoms with E-state index < -0.39 is 0 Å². The van der Waals surface area contributed by atoms with Crippen LogP contribution in [0.25, 0.3) is 0 Å². The zero-order valence-corrected chi connectivity index (χ0v) is 13.9. The summed E-state index contributed by atoms with van der Waals surface area (Å²) in [5, 5.41) is 0.588. The molecular formula is C15H14ClIN2O. The lowest BCUT2D eigenvalue weighted by Crippen LogP contribution is -2.30. The third-order valence-corrected chi connectivity index (χ3v) is 4.50. The summed E-state index contributed by atoms with van der Waals surface area (Å²) >= 11 is 8.21. The van der Waals surface area contributed by atoms with E-state index >= 15 is 0 Å². The van der Waals surface area contributed by atoms with Crippen molar-refractivity contribution in [2.24, 2.45) is 0 Å². The predicted molar refractivity (Wildman–Crippen MR) is 92.4 cm³/mol. The van der Waals surface area contributed by atoms with E-state index in [2.05, 4.69) is 22.6 Å². The van der Waals surface area contributed by atoms with Crippen molar-refractivity contribution in [2.45, 2.75) is 6.92 Å². The van der Waals surface area contributed by atoms with Gasteiger partial charge in [-0.25, -0.2) is 0 Å². The molecule has 0 atom stereocenters. The third kappa shape index (κ3) is 3.24. The number of benzene rings is 2. The molecule has 104 valence electrons. The molecule has 2 N–H and O–H groups in total. The summed E-state index contributed by atoms with van der Waals surface area (Å²) in [6, 6.07) is 12.6. The average molecular weight is 401 g/mol. The lowest BCUT2D eigenvalue weighted by atomic mass is 10.1. The van der Waals surface area contributed by atoms with Crippen LogP contribution in [0.5, 0.6) is 0 Å². The van der Waals surface area contributed by atoms with Crippen molar-refractivity contribution >= 4 is 51.5 Å². The Labute approximate surface area is 136 Å². The minimum Gasteiger partial charge on any atom is -0.399 e. The number of carbonyl (C=O) groups excluding carboxylic acids is 1. The SMILES string of the molecule is CCN(C(=O)c1ccc(I)c(Cl)c1)c1ccc(N)cc1. The normalized spacial score (nSPS) is 10.3. The number of nitrogens with zero attached hydrogens (tertiary/aromatic N) is 1. The van der Waals surface area contributed by atoms with Gasteiger partial charge < -0.3 is 10.6 Å². The van der Waals surface area contributed by atoms with Crippen molar-refractivity contribution in [3.63, 3.8) is 0 Å². The number of hydrogen-bond acceptors (Lipinski definition) is 2. The van der Waals surface area contributed by atoms with Crippen molar-refractivity contribution in [3.05, 3.63) is 56.6 Å². The minimum absolute atomic E-state index is 0.0735. The maximum Gasteiger partial charge on any atom is 0.258 e.